The summed E-state index contributed by atoms with van der Waals surface area (Å²) in [5.41, 5.74) is 2.05. The van der Waals surface area contributed by atoms with E-state index in [2.05, 4.69) is 18.8 Å². The van der Waals surface area contributed by atoms with E-state index in [1.807, 2.05) is 38.1 Å². The van der Waals surface area contributed by atoms with Crippen molar-refractivity contribution in [2.75, 3.05) is 33.8 Å². The molecule has 1 aromatic carbocycles. The summed E-state index contributed by atoms with van der Waals surface area (Å²) in [5, 5.41) is 11.3. The molecule has 176 valence electrons. The van der Waals surface area contributed by atoms with Crippen LogP contribution in [0, 0.1) is 12.8 Å². The van der Waals surface area contributed by atoms with Crippen LogP contribution in [0.25, 0.3) is 5.76 Å². The number of nitrogens with zero attached hydrogens (tertiary/aromatic N) is 3. The number of pyridine rings is 1. The van der Waals surface area contributed by atoms with E-state index in [1.54, 1.807) is 35.5 Å². The summed E-state index contributed by atoms with van der Waals surface area (Å²) in [6, 6.07) is 8.25. The van der Waals surface area contributed by atoms with Gasteiger partial charge in [-0.1, -0.05) is 19.9 Å². The molecule has 0 bridgehead atoms. The van der Waals surface area contributed by atoms with Crippen molar-refractivity contribution in [1.82, 2.24) is 14.8 Å². The van der Waals surface area contributed by atoms with Gasteiger partial charge >= 0.3 is 0 Å². The topological polar surface area (TPSA) is 83.0 Å². The van der Waals surface area contributed by atoms with Crippen LogP contribution in [0.2, 0.25) is 0 Å². The highest BCUT2D eigenvalue weighted by Gasteiger charge is 2.46. The Labute approximate surface area is 195 Å². The monoisotopic (exact) mass is 451 g/mol. The van der Waals surface area contributed by atoms with Gasteiger partial charge in [-0.05, 0) is 75.3 Å². The van der Waals surface area contributed by atoms with Gasteiger partial charge in [0.1, 0.15) is 11.5 Å². The highest BCUT2D eigenvalue weighted by molar-refractivity contribution is 6.46. The maximum Gasteiger partial charge on any atom is 0.295 e. The number of Topliss-reactive ketones (excluding diaryl/α,β-unsaturated/α-hetero) is 1. The van der Waals surface area contributed by atoms with E-state index in [-0.39, 0.29) is 11.3 Å². The van der Waals surface area contributed by atoms with Gasteiger partial charge in [0.25, 0.3) is 11.7 Å². The van der Waals surface area contributed by atoms with Crippen LogP contribution in [0.3, 0.4) is 0 Å². The summed E-state index contributed by atoms with van der Waals surface area (Å²) in [6.07, 6.45) is 3.98. The molecule has 2 aromatic rings. The number of ketones is 1. The molecule has 0 spiro atoms. The molecule has 1 amide bonds. The third-order valence-corrected chi connectivity index (χ3v) is 5.58. The van der Waals surface area contributed by atoms with Crippen LogP contribution < -0.4 is 4.74 Å². The fourth-order valence-electron chi connectivity index (χ4n) is 3.95. The minimum Gasteiger partial charge on any atom is -0.507 e. The largest absolute Gasteiger partial charge is 0.507 e. The molecule has 33 heavy (non-hydrogen) atoms. The Hall–Kier alpha value is -3.19. The van der Waals surface area contributed by atoms with Crippen LogP contribution in [0.1, 0.15) is 43.0 Å². The molecule has 0 saturated carbocycles. The van der Waals surface area contributed by atoms with Crippen molar-refractivity contribution in [3.05, 3.63) is 65.0 Å². The molecule has 7 nitrogen and oxygen atoms in total. The van der Waals surface area contributed by atoms with Crippen molar-refractivity contribution in [3.63, 3.8) is 0 Å². The number of carbonyl (C=O) groups is 2. The smallest absolute Gasteiger partial charge is 0.295 e. The lowest BCUT2D eigenvalue weighted by Crippen LogP contribution is -2.32. The molecule has 3 rings (SSSR count). The van der Waals surface area contributed by atoms with Gasteiger partial charge in [0.2, 0.25) is 0 Å². The minimum atomic E-state index is -0.683. The second-order valence-corrected chi connectivity index (χ2v) is 9.12. The minimum absolute atomic E-state index is 0.0943. The summed E-state index contributed by atoms with van der Waals surface area (Å²) in [4.78, 5) is 33.8. The van der Waals surface area contributed by atoms with Crippen LogP contribution in [0.15, 0.2) is 48.3 Å². The number of hydrogen-bond donors (Lipinski definition) is 1. The Morgan fingerprint density at radius 1 is 1.24 bits per heavy atom. The number of ether oxygens (including phenoxy) is 1. The van der Waals surface area contributed by atoms with E-state index in [0.29, 0.717) is 42.4 Å². The highest BCUT2D eigenvalue weighted by Crippen LogP contribution is 2.40. The van der Waals surface area contributed by atoms with Gasteiger partial charge in [-0.2, -0.15) is 0 Å². The third kappa shape index (κ3) is 5.60. The van der Waals surface area contributed by atoms with Crippen molar-refractivity contribution in [3.8, 4) is 5.75 Å². The van der Waals surface area contributed by atoms with E-state index in [1.165, 1.54) is 0 Å². The normalized spacial score (nSPS) is 17.9. The Balaban J connectivity index is 2.02. The van der Waals surface area contributed by atoms with Crippen molar-refractivity contribution >= 4 is 17.4 Å². The quantitative estimate of drug-likeness (QED) is 0.355. The van der Waals surface area contributed by atoms with Crippen LogP contribution in [-0.4, -0.2) is 65.4 Å². The number of carbonyl (C=O) groups excluding carboxylic acids is 2. The van der Waals surface area contributed by atoms with Crippen molar-refractivity contribution in [2.24, 2.45) is 5.92 Å². The number of aliphatic hydroxyl groups is 1. The fourth-order valence-corrected chi connectivity index (χ4v) is 3.95. The first kappa shape index (κ1) is 24.5. The SMILES string of the molecule is Cc1cc(OCC(C)C)ccc1C(O)=C1C(=O)C(=O)N(CCCN(C)C)[C@H]1c1cccnc1. The standard InChI is InChI=1S/C26H33N3O4/c1-17(2)16-33-20-9-10-21(18(3)14-20)24(30)22-23(19-8-6-11-27-15-19)29(26(32)25(22)31)13-7-12-28(4)5/h6,8-11,14-15,17,23,30H,7,12-13,16H2,1-5H3/t23-/m0/s1. The molecular weight excluding hydrogens is 418 g/mol. The fraction of sp³-hybridized carbons (Fsp3) is 0.423. The number of aromatic nitrogens is 1. The zero-order valence-corrected chi connectivity index (χ0v) is 20.0. The molecule has 7 heteroatoms. The summed E-state index contributed by atoms with van der Waals surface area (Å²) in [7, 11) is 3.92. The van der Waals surface area contributed by atoms with Crippen molar-refractivity contribution < 1.29 is 19.4 Å². The lowest BCUT2D eigenvalue weighted by atomic mass is 9.94. The van der Waals surface area contributed by atoms with Gasteiger partial charge in [0.05, 0.1) is 18.2 Å². The number of rotatable bonds is 9. The molecule has 1 aliphatic rings. The first-order valence-corrected chi connectivity index (χ1v) is 11.3. The van der Waals surface area contributed by atoms with Gasteiger partial charge < -0.3 is 19.6 Å². The van der Waals surface area contributed by atoms with Crippen LogP contribution >= 0.6 is 0 Å². The number of aryl methyl sites for hydroxylation is 1. The van der Waals surface area contributed by atoms with E-state index in [0.717, 1.165) is 12.1 Å². The summed E-state index contributed by atoms with van der Waals surface area (Å²) in [6.45, 7) is 7.76. The van der Waals surface area contributed by atoms with E-state index in [9.17, 15) is 14.7 Å². The molecule has 0 radical (unpaired) electrons. The number of benzene rings is 1. The second kappa shape index (κ2) is 10.6. The summed E-state index contributed by atoms with van der Waals surface area (Å²) >= 11 is 0. The molecule has 1 saturated heterocycles. The van der Waals surface area contributed by atoms with Gasteiger partial charge in [-0.15, -0.1) is 0 Å². The van der Waals surface area contributed by atoms with E-state index in [4.69, 9.17) is 4.74 Å². The first-order valence-electron chi connectivity index (χ1n) is 11.3. The van der Waals surface area contributed by atoms with Gasteiger partial charge in [0.15, 0.2) is 0 Å². The number of likely N-dealkylation sites (tertiary alicyclic amines) is 1. The average molecular weight is 452 g/mol. The van der Waals surface area contributed by atoms with Gasteiger partial charge in [-0.3, -0.25) is 14.6 Å². The highest BCUT2D eigenvalue weighted by atomic mass is 16.5. The summed E-state index contributed by atoms with van der Waals surface area (Å²) in [5.74, 6) is -0.360. The molecule has 2 heterocycles. The lowest BCUT2D eigenvalue weighted by molar-refractivity contribution is -0.139. The summed E-state index contributed by atoms with van der Waals surface area (Å²) < 4.78 is 5.78. The zero-order chi connectivity index (χ0) is 24.1. The third-order valence-electron chi connectivity index (χ3n) is 5.58. The number of aliphatic hydroxyl groups excluding tert-OH is 1. The Morgan fingerprint density at radius 2 is 2.00 bits per heavy atom. The van der Waals surface area contributed by atoms with E-state index < -0.39 is 17.7 Å². The van der Waals surface area contributed by atoms with Crippen molar-refractivity contribution in [2.45, 2.75) is 33.2 Å². The molecule has 1 N–H and O–H groups in total. The van der Waals surface area contributed by atoms with Gasteiger partial charge in [0, 0.05) is 24.5 Å². The van der Waals surface area contributed by atoms with Crippen LogP contribution in [0.4, 0.5) is 0 Å². The number of hydrogen-bond acceptors (Lipinski definition) is 6. The lowest BCUT2D eigenvalue weighted by Gasteiger charge is -2.25. The van der Waals surface area contributed by atoms with Crippen LogP contribution in [-0.2, 0) is 9.59 Å². The average Bonchev–Trinajstić information content (AvgIpc) is 3.02. The second-order valence-electron chi connectivity index (χ2n) is 9.12. The molecule has 1 aliphatic heterocycles. The Kier molecular flexibility index (Phi) is 7.87. The molecule has 1 atom stereocenters. The van der Waals surface area contributed by atoms with Gasteiger partial charge in [-0.25, -0.2) is 0 Å². The van der Waals surface area contributed by atoms with Crippen molar-refractivity contribution in [1.29, 1.82) is 0 Å². The molecule has 0 aliphatic carbocycles. The van der Waals surface area contributed by atoms with Crippen LogP contribution in [0.5, 0.6) is 5.75 Å². The Bertz CT molecular complexity index is 1030. The molecule has 0 unspecified atom stereocenters. The maximum absolute atomic E-state index is 13.1. The predicted molar refractivity (Wildman–Crippen MR) is 128 cm³/mol. The maximum atomic E-state index is 13.1. The molecule has 1 aromatic heterocycles. The Morgan fingerprint density at radius 3 is 2.61 bits per heavy atom. The number of amides is 1. The molecule has 1 fully saturated rings. The zero-order valence-electron chi connectivity index (χ0n) is 20.0. The first-order chi connectivity index (χ1) is 15.7. The predicted octanol–water partition coefficient (Wildman–Crippen LogP) is 3.80. The molecular formula is C26H33N3O4. The van der Waals surface area contributed by atoms with E-state index >= 15 is 0 Å².